The highest BCUT2D eigenvalue weighted by Crippen LogP contribution is 2.57. The van der Waals surface area contributed by atoms with E-state index in [1.807, 2.05) is 54.6 Å². The van der Waals surface area contributed by atoms with Crippen molar-refractivity contribution in [2.45, 2.75) is 52.1 Å². The Morgan fingerprint density at radius 1 is 0.833 bits per heavy atom. The van der Waals surface area contributed by atoms with Crippen LogP contribution in [0.1, 0.15) is 72.1 Å². The Balaban J connectivity index is 1.49. The number of unbranched alkanes of at least 4 members (excludes halogenated alkanes) is 2. The Labute approximate surface area is 248 Å². The molecule has 2 heterocycles. The summed E-state index contributed by atoms with van der Waals surface area (Å²) in [5, 5.41) is 3.54. The van der Waals surface area contributed by atoms with Gasteiger partial charge in [0, 0.05) is 52.9 Å². The molecule has 42 heavy (non-hydrogen) atoms. The van der Waals surface area contributed by atoms with E-state index in [0.29, 0.717) is 11.3 Å². The highest BCUT2D eigenvalue weighted by molar-refractivity contribution is 5.97. The molecule has 6 rings (SSSR count). The van der Waals surface area contributed by atoms with Gasteiger partial charge in [0.1, 0.15) is 17.2 Å². The standard InChI is InChI=1S/C36H38N2O4/c1-5-7-19-38(20-8-6-2)26-15-18-30-34(22-26)41-33-21-24(3)32(37-25-13-16-27(40-4)17-14-25)23-31(33)36(30)29-12-10-9-11-28(29)35(39)42-36/h9-18,21-23,37H,5-8,19-20H2,1-4H3. The first-order valence-electron chi connectivity index (χ1n) is 14.9. The molecule has 1 unspecified atom stereocenters. The Morgan fingerprint density at radius 2 is 1.55 bits per heavy atom. The van der Waals surface area contributed by atoms with Crippen LogP contribution >= 0.6 is 0 Å². The number of hydrogen-bond acceptors (Lipinski definition) is 6. The summed E-state index contributed by atoms with van der Waals surface area (Å²) in [7, 11) is 1.66. The first kappa shape index (κ1) is 27.7. The lowest BCUT2D eigenvalue weighted by atomic mass is 9.77. The average molecular weight is 563 g/mol. The second kappa shape index (κ2) is 11.4. The first-order chi connectivity index (χ1) is 20.5. The second-order valence-corrected chi connectivity index (χ2v) is 11.1. The number of anilines is 3. The molecule has 0 radical (unpaired) electrons. The van der Waals surface area contributed by atoms with Gasteiger partial charge in [-0.15, -0.1) is 0 Å². The number of esters is 1. The van der Waals surface area contributed by atoms with Crippen molar-refractivity contribution in [3.63, 3.8) is 0 Å². The molecule has 2 aliphatic rings. The van der Waals surface area contributed by atoms with Crippen LogP contribution in [0.15, 0.2) is 78.9 Å². The van der Waals surface area contributed by atoms with Crippen molar-refractivity contribution in [1.29, 1.82) is 0 Å². The number of ether oxygens (including phenoxy) is 3. The minimum Gasteiger partial charge on any atom is -0.497 e. The number of nitrogens with one attached hydrogen (secondary N) is 1. The fraction of sp³-hybridized carbons (Fsp3) is 0.306. The molecule has 0 aliphatic carbocycles. The van der Waals surface area contributed by atoms with Crippen LogP contribution in [0.5, 0.6) is 17.2 Å². The van der Waals surface area contributed by atoms with Crippen LogP contribution in [0.25, 0.3) is 0 Å². The van der Waals surface area contributed by atoms with E-state index in [-0.39, 0.29) is 5.97 Å². The van der Waals surface area contributed by atoms with Crippen molar-refractivity contribution in [3.8, 4) is 17.2 Å². The molecule has 0 fully saturated rings. The van der Waals surface area contributed by atoms with Gasteiger partial charge in [0.25, 0.3) is 0 Å². The number of aryl methyl sites for hydroxylation is 1. The monoisotopic (exact) mass is 562 g/mol. The molecular weight excluding hydrogens is 524 g/mol. The quantitative estimate of drug-likeness (QED) is 0.195. The minimum absolute atomic E-state index is 0.328. The maximum Gasteiger partial charge on any atom is 0.340 e. The molecule has 6 heteroatoms. The smallest absolute Gasteiger partial charge is 0.340 e. The summed E-state index contributed by atoms with van der Waals surface area (Å²) in [5.41, 5.74) is 5.92. The van der Waals surface area contributed by atoms with Gasteiger partial charge in [-0.05, 0) is 79.9 Å². The molecule has 4 aromatic rings. The second-order valence-electron chi connectivity index (χ2n) is 11.1. The zero-order valence-corrected chi connectivity index (χ0v) is 24.8. The largest absolute Gasteiger partial charge is 0.497 e. The molecular formula is C36H38N2O4. The zero-order chi connectivity index (χ0) is 29.3. The number of hydrogen-bond donors (Lipinski definition) is 1. The Morgan fingerprint density at radius 3 is 2.26 bits per heavy atom. The van der Waals surface area contributed by atoms with E-state index in [1.165, 1.54) is 0 Å². The number of benzene rings is 4. The highest BCUT2D eigenvalue weighted by atomic mass is 16.6. The number of methoxy groups -OCH3 is 1. The molecule has 0 amide bonds. The van der Waals surface area contributed by atoms with Gasteiger partial charge in [-0.25, -0.2) is 4.79 Å². The van der Waals surface area contributed by atoms with Gasteiger partial charge in [0.15, 0.2) is 5.60 Å². The van der Waals surface area contributed by atoms with Gasteiger partial charge in [0.2, 0.25) is 0 Å². The third kappa shape index (κ3) is 4.75. The molecule has 0 saturated carbocycles. The molecule has 0 bridgehead atoms. The molecule has 6 nitrogen and oxygen atoms in total. The third-order valence-electron chi connectivity index (χ3n) is 8.34. The van der Waals surface area contributed by atoms with E-state index in [1.54, 1.807) is 7.11 Å². The van der Waals surface area contributed by atoms with E-state index in [4.69, 9.17) is 14.2 Å². The van der Waals surface area contributed by atoms with Gasteiger partial charge in [-0.2, -0.15) is 0 Å². The molecule has 1 N–H and O–H groups in total. The van der Waals surface area contributed by atoms with E-state index < -0.39 is 5.60 Å². The van der Waals surface area contributed by atoms with Crippen LogP contribution in [0.2, 0.25) is 0 Å². The average Bonchev–Trinajstić information content (AvgIpc) is 3.31. The van der Waals surface area contributed by atoms with Gasteiger partial charge < -0.3 is 24.4 Å². The van der Waals surface area contributed by atoms with Crippen LogP contribution < -0.4 is 19.7 Å². The predicted molar refractivity (Wildman–Crippen MR) is 168 cm³/mol. The van der Waals surface area contributed by atoms with Gasteiger partial charge in [0.05, 0.1) is 12.7 Å². The Hall–Kier alpha value is -4.45. The topological polar surface area (TPSA) is 60.0 Å². The summed E-state index contributed by atoms with van der Waals surface area (Å²) < 4.78 is 18.4. The van der Waals surface area contributed by atoms with Crippen LogP contribution in [0.4, 0.5) is 17.1 Å². The molecule has 1 atom stereocenters. The van der Waals surface area contributed by atoms with Crippen molar-refractivity contribution in [1.82, 2.24) is 0 Å². The summed E-state index contributed by atoms with van der Waals surface area (Å²) in [4.78, 5) is 15.8. The zero-order valence-electron chi connectivity index (χ0n) is 24.8. The van der Waals surface area contributed by atoms with E-state index in [9.17, 15) is 4.79 Å². The van der Waals surface area contributed by atoms with Crippen molar-refractivity contribution in [3.05, 3.63) is 107 Å². The summed E-state index contributed by atoms with van der Waals surface area (Å²) in [6, 6.07) is 26.0. The van der Waals surface area contributed by atoms with Crippen molar-refractivity contribution in [2.24, 2.45) is 0 Å². The van der Waals surface area contributed by atoms with E-state index >= 15 is 0 Å². The normalized spacial score (nSPS) is 16.2. The third-order valence-corrected chi connectivity index (χ3v) is 8.34. The van der Waals surface area contributed by atoms with Crippen molar-refractivity contribution in [2.75, 3.05) is 30.4 Å². The fourth-order valence-electron chi connectivity index (χ4n) is 6.04. The van der Waals surface area contributed by atoms with Crippen LogP contribution in [-0.4, -0.2) is 26.2 Å². The number of nitrogens with zero attached hydrogens (tertiary/aromatic N) is 1. The Bertz CT molecular complexity index is 1610. The van der Waals surface area contributed by atoms with Gasteiger partial charge in [-0.1, -0.05) is 44.9 Å². The molecule has 0 aromatic heterocycles. The fourth-order valence-corrected chi connectivity index (χ4v) is 6.04. The highest BCUT2D eigenvalue weighted by Gasteiger charge is 2.53. The van der Waals surface area contributed by atoms with Crippen molar-refractivity contribution >= 4 is 23.0 Å². The maximum absolute atomic E-state index is 13.4. The molecule has 216 valence electrons. The van der Waals surface area contributed by atoms with Crippen LogP contribution in [0.3, 0.4) is 0 Å². The van der Waals surface area contributed by atoms with Crippen molar-refractivity contribution < 1.29 is 19.0 Å². The summed E-state index contributed by atoms with van der Waals surface area (Å²) in [6.45, 7) is 8.49. The molecule has 0 saturated heterocycles. The first-order valence-corrected chi connectivity index (χ1v) is 14.9. The molecule has 1 spiro atoms. The van der Waals surface area contributed by atoms with Crippen LogP contribution in [0, 0.1) is 6.92 Å². The summed E-state index contributed by atoms with van der Waals surface area (Å²) >= 11 is 0. The maximum atomic E-state index is 13.4. The lowest BCUT2D eigenvalue weighted by Crippen LogP contribution is -2.33. The van der Waals surface area contributed by atoms with Gasteiger partial charge >= 0.3 is 5.97 Å². The van der Waals surface area contributed by atoms with E-state index in [2.05, 4.69) is 55.3 Å². The Kier molecular flexibility index (Phi) is 7.55. The minimum atomic E-state index is -1.11. The summed E-state index contributed by atoms with van der Waals surface area (Å²) in [6.07, 6.45) is 4.53. The number of carbonyl (C=O) groups is 1. The van der Waals surface area contributed by atoms with Crippen LogP contribution in [-0.2, 0) is 10.3 Å². The SMILES string of the molecule is CCCCN(CCCC)c1ccc2c(c1)Oc1cc(C)c(Nc3ccc(OC)cc3)cc1C21OC(=O)c2ccccc21. The lowest BCUT2D eigenvalue weighted by molar-refractivity contribution is 0.0224. The number of fused-ring (bicyclic) bond motifs is 6. The van der Waals surface area contributed by atoms with Gasteiger partial charge in [-0.3, -0.25) is 0 Å². The molecule has 4 aromatic carbocycles. The predicted octanol–water partition coefficient (Wildman–Crippen LogP) is 8.72. The van der Waals surface area contributed by atoms with E-state index in [0.717, 1.165) is 89.6 Å². The number of rotatable bonds is 10. The lowest BCUT2D eigenvalue weighted by Gasteiger charge is -2.38. The molecule has 2 aliphatic heterocycles. The number of carbonyl (C=O) groups excluding carboxylic acids is 1. The summed E-state index contributed by atoms with van der Waals surface area (Å²) in [5.74, 6) is 1.88.